The summed E-state index contributed by atoms with van der Waals surface area (Å²) in [5, 5.41) is 3.41. The van der Waals surface area contributed by atoms with Crippen LogP contribution in [0, 0.1) is 11.8 Å². The normalized spacial score (nSPS) is 27.5. The number of nitrogens with zero attached hydrogens (tertiary/aromatic N) is 1. The smallest absolute Gasteiger partial charge is 0.222 e. The minimum atomic E-state index is 0.399. The second-order valence-electron chi connectivity index (χ2n) is 5.64. The number of hydrogen-bond donors (Lipinski definition) is 1. The summed E-state index contributed by atoms with van der Waals surface area (Å²) in [6.07, 6.45) is 6.96. The second-order valence-corrected chi connectivity index (χ2v) is 5.64. The molecule has 0 aliphatic carbocycles. The molecule has 2 unspecified atom stereocenters. The standard InChI is InChI=1S/C14H26N2O/c1-2-3-4-5-6-7-14(17)16-10-12-8-15-9-13(12)11-16/h12-13,15H,2-11H2,1H3. The van der Waals surface area contributed by atoms with Crippen LogP contribution >= 0.6 is 0 Å². The Morgan fingerprint density at radius 1 is 1.12 bits per heavy atom. The number of unbranched alkanes of at least 4 members (excludes halogenated alkanes) is 4. The van der Waals surface area contributed by atoms with Crippen LogP contribution in [0.1, 0.15) is 45.4 Å². The van der Waals surface area contributed by atoms with Crippen LogP contribution in [0.4, 0.5) is 0 Å². The fraction of sp³-hybridized carbons (Fsp3) is 0.929. The van der Waals surface area contributed by atoms with Gasteiger partial charge in [-0.25, -0.2) is 0 Å². The van der Waals surface area contributed by atoms with Crippen LogP contribution in [-0.2, 0) is 4.79 Å². The molecule has 3 nitrogen and oxygen atoms in total. The summed E-state index contributed by atoms with van der Waals surface area (Å²) in [5.41, 5.74) is 0. The summed E-state index contributed by atoms with van der Waals surface area (Å²) in [6, 6.07) is 0. The van der Waals surface area contributed by atoms with E-state index in [4.69, 9.17) is 0 Å². The number of amides is 1. The molecule has 2 fully saturated rings. The predicted octanol–water partition coefficient (Wildman–Crippen LogP) is 2.02. The molecule has 2 rings (SSSR count). The van der Waals surface area contributed by atoms with Gasteiger partial charge in [0.25, 0.3) is 0 Å². The Balaban J connectivity index is 1.60. The van der Waals surface area contributed by atoms with Crippen molar-refractivity contribution in [1.82, 2.24) is 10.2 Å². The maximum absolute atomic E-state index is 12.0. The molecule has 0 aromatic heterocycles. The van der Waals surface area contributed by atoms with Crippen molar-refractivity contribution < 1.29 is 4.79 Å². The van der Waals surface area contributed by atoms with Gasteiger partial charge in [-0.15, -0.1) is 0 Å². The molecule has 2 saturated heterocycles. The zero-order valence-corrected chi connectivity index (χ0v) is 11.1. The Labute approximate surface area is 105 Å². The second kappa shape index (κ2) is 6.39. The van der Waals surface area contributed by atoms with Gasteiger partial charge >= 0.3 is 0 Å². The maximum atomic E-state index is 12.0. The van der Waals surface area contributed by atoms with Gasteiger partial charge in [0, 0.05) is 32.6 Å². The molecule has 0 bridgehead atoms. The van der Waals surface area contributed by atoms with Gasteiger partial charge in [-0.05, 0) is 18.3 Å². The van der Waals surface area contributed by atoms with E-state index in [-0.39, 0.29) is 0 Å². The molecular weight excluding hydrogens is 212 g/mol. The minimum Gasteiger partial charge on any atom is -0.342 e. The molecule has 98 valence electrons. The van der Waals surface area contributed by atoms with Gasteiger partial charge in [-0.3, -0.25) is 4.79 Å². The number of likely N-dealkylation sites (tertiary alicyclic amines) is 1. The lowest BCUT2D eigenvalue weighted by molar-refractivity contribution is -0.130. The van der Waals surface area contributed by atoms with Crippen molar-refractivity contribution >= 4 is 5.91 Å². The fourth-order valence-corrected chi connectivity index (χ4v) is 3.10. The molecule has 2 aliphatic heterocycles. The molecule has 0 spiro atoms. The summed E-state index contributed by atoms with van der Waals surface area (Å²) in [4.78, 5) is 14.1. The van der Waals surface area contributed by atoms with E-state index in [1.54, 1.807) is 0 Å². The third-order valence-electron chi connectivity index (χ3n) is 4.24. The summed E-state index contributed by atoms with van der Waals surface area (Å²) in [5.74, 6) is 1.87. The van der Waals surface area contributed by atoms with Crippen molar-refractivity contribution in [2.75, 3.05) is 26.2 Å². The fourth-order valence-electron chi connectivity index (χ4n) is 3.10. The Kier molecular flexibility index (Phi) is 4.84. The number of fused-ring (bicyclic) bond motifs is 1. The molecule has 2 atom stereocenters. The van der Waals surface area contributed by atoms with Gasteiger partial charge in [-0.2, -0.15) is 0 Å². The highest BCUT2D eigenvalue weighted by Crippen LogP contribution is 2.26. The highest BCUT2D eigenvalue weighted by molar-refractivity contribution is 5.76. The first-order valence-electron chi connectivity index (χ1n) is 7.29. The van der Waals surface area contributed by atoms with Crippen LogP contribution in [0.25, 0.3) is 0 Å². The van der Waals surface area contributed by atoms with E-state index in [1.807, 2.05) is 0 Å². The van der Waals surface area contributed by atoms with Gasteiger partial charge in [0.1, 0.15) is 0 Å². The van der Waals surface area contributed by atoms with E-state index in [2.05, 4.69) is 17.1 Å². The van der Waals surface area contributed by atoms with Crippen molar-refractivity contribution in [2.24, 2.45) is 11.8 Å². The predicted molar refractivity (Wildman–Crippen MR) is 69.8 cm³/mol. The summed E-state index contributed by atoms with van der Waals surface area (Å²) in [7, 11) is 0. The summed E-state index contributed by atoms with van der Waals surface area (Å²) >= 11 is 0. The van der Waals surface area contributed by atoms with Gasteiger partial charge in [0.05, 0.1) is 0 Å². The average molecular weight is 238 g/mol. The Morgan fingerprint density at radius 2 is 1.76 bits per heavy atom. The van der Waals surface area contributed by atoms with Crippen molar-refractivity contribution in [3.8, 4) is 0 Å². The van der Waals surface area contributed by atoms with Crippen LogP contribution < -0.4 is 5.32 Å². The monoisotopic (exact) mass is 238 g/mol. The van der Waals surface area contributed by atoms with Crippen LogP contribution in [0.2, 0.25) is 0 Å². The molecule has 0 aromatic carbocycles. The molecule has 17 heavy (non-hydrogen) atoms. The molecule has 0 aromatic rings. The Hall–Kier alpha value is -0.570. The van der Waals surface area contributed by atoms with Crippen LogP contribution in [0.15, 0.2) is 0 Å². The largest absolute Gasteiger partial charge is 0.342 e. The third-order valence-corrected chi connectivity index (χ3v) is 4.24. The molecule has 0 saturated carbocycles. The molecule has 2 heterocycles. The number of rotatable bonds is 6. The molecule has 3 heteroatoms. The van der Waals surface area contributed by atoms with Crippen molar-refractivity contribution in [2.45, 2.75) is 45.4 Å². The Bertz CT molecular complexity index is 243. The van der Waals surface area contributed by atoms with E-state index in [9.17, 15) is 4.79 Å². The lowest BCUT2D eigenvalue weighted by Crippen LogP contribution is -2.31. The number of hydrogen-bond acceptors (Lipinski definition) is 2. The highest BCUT2D eigenvalue weighted by Gasteiger charge is 2.37. The first-order valence-corrected chi connectivity index (χ1v) is 7.29. The zero-order chi connectivity index (χ0) is 12.1. The molecule has 2 aliphatic rings. The first-order chi connectivity index (χ1) is 8.31. The van der Waals surface area contributed by atoms with Crippen LogP contribution in [0.5, 0.6) is 0 Å². The van der Waals surface area contributed by atoms with Crippen molar-refractivity contribution in [3.63, 3.8) is 0 Å². The van der Waals surface area contributed by atoms with E-state index >= 15 is 0 Å². The summed E-state index contributed by atoms with van der Waals surface area (Å²) < 4.78 is 0. The third kappa shape index (κ3) is 3.44. The summed E-state index contributed by atoms with van der Waals surface area (Å²) in [6.45, 7) is 6.47. The molecule has 0 radical (unpaired) electrons. The van der Waals surface area contributed by atoms with Gasteiger partial charge in [-0.1, -0.05) is 32.6 Å². The Morgan fingerprint density at radius 3 is 2.41 bits per heavy atom. The highest BCUT2D eigenvalue weighted by atomic mass is 16.2. The maximum Gasteiger partial charge on any atom is 0.222 e. The SMILES string of the molecule is CCCCCCCC(=O)N1CC2CNCC2C1. The van der Waals surface area contributed by atoms with E-state index < -0.39 is 0 Å². The van der Waals surface area contributed by atoms with E-state index in [0.717, 1.165) is 50.9 Å². The van der Waals surface area contributed by atoms with Gasteiger partial charge in [0.2, 0.25) is 5.91 Å². The molecular formula is C14H26N2O. The number of carbonyl (C=O) groups excluding carboxylic acids is 1. The van der Waals surface area contributed by atoms with E-state index in [0.29, 0.717) is 5.91 Å². The van der Waals surface area contributed by atoms with Gasteiger partial charge in [0.15, 0.2) is 0 Å². The topological polar surface area (TPSA) is 32.3 Å². The van der Waals surface area contributed by atoms with Crippen LogP contribution in [0.3, 0.4) is 0 Å². The minimum absolute atomic E-state index is 0.399. The quantitative estimate of drug-likeness (QED) is 0.718. The zero-order valence-electron chi connectivity index (χ0n) is 11.1. The number of carbonyl (C=O) groups is 1. The number of nitrogens with one attached hydrogen (secondary N) is 1. The van der Waals surface area contributed by atoms with E-state index in [1.165, 1.54) is 25.7 Å². The van der Waals surface area contributed by atoms with Crippen LogP contribution in [-0.4, -0.2) is 37.0 Å². The van der Waals surface area contributed by atoms with Crippen molar-refractivity contribution in [3.05, 3.63) is 0 Å². The molecule has 1 N–H and O–H groups in total. The van der Waals surface area contributed by atoms with Gasteiger partial charge < -0.3 is 10.2 Å². The lowest BCUT2D eigenvalue weighted by Gasteiger charge is -2.17. The lowest BCUT2D eigenvalue weighted by atomic mass is 10.0. The van der Waals surface area contributed by atoms with Crippen molar-refractivity contribution in [1.29, 1.82) is 0 Å². The first kappa shape index (κ1) is 12.9. The average Bonchev–Trinajstić information content (AvgIpc) is 2.88. The molecule has 1 amide bonds.